The first-order valence-corrected chi connectivity index (χ1v) is 30.5. The van der Waals surface area contributed by atoms with Crippen LogP contribution >= 0.6 is 0 Å². The Bertz CT molecular complexity index is 5070. The van der Waals surface area contributed by atoms with Crippen molar-refractivity contribution in [2.24, 2.45) is 0 Å². The predicted octanol–water partition coefficient (Wildman–Crippen LogP) is 24.6. The average Bonchev–Trinajstić information content (AvgIpc) is 1.28. The van der Waals surface area contributed by atoms with Crippen LogP contribution in [-0.2, 0) is 0 Å². The Kier molecular flexibility index (Phi) is 14.9. The summed E-state index contributed by atoms with van der Waals surface area (Å²) in [4.78, 5) is 0. The number of ether oxygens (including phenoxy) is 4. The summed E-state index contributed by atoms with van der Waals surface area (Å²) in [6.07, 6.45) is 0. The fraction of sp³-hybridized carbons (Fsp3) is 0.0824. The van der Waals surface area contributed by atoms with Gasteiger partial charge in [0.1, 0.15) is 46.0 Å². The molecule has 4 nitrogen and oxygen atoms in total. The van der Waals surface area contributed by atoms with Gasteiger partial charge in [0.05, 0.1) is 0 Å². The van der Waals surface area contributed by atoms with Gasteiger partial charge in [-0.3, -0.25) is 0 Å². The molecule has 0 aliphatic heterocycles. The highest BCUT2D eigenvalue weighted by molar-refractivity contribution is 6.02. The monoisotopic (exact) mass is 1150 g/mol. The van der Waals surface area contributed by atoms with Gasteiger partial charge in [-0.25, -0.2) is 0 Å². The molecular formula is C85H66O4. The van der Waals surface area contributed by atoms with E-state index in [1.807, 2.05) is 48.5 Å². The lowest BCUT2D eigenvalue weighted by Crippen LogP contribution is -1.90. The minimum absolute atomic E-state index is 0.785. The summed E-state index contributed by atoms with van der Waals surface area (Å²) in [7, 11) is 0. The van der Waals surface area contributed by atoms with Crippen molar-refractivity contribution in [2.45, 2.75) is 48.5 Å². The molecule has 15 rings (SSSR count). The summed E-state index contributed by atoms with van der Waals surface area (Å²) >= 11 is 0. The molecule has 0 radical (unpaired) electrons. The number of hydrogen-bond donors (Lipinski definition) is 0. The SMILES string of the molecule is Cc1cccc(-c2c(C)ccc3ccc(Oc4ccc5ccc(Oc6ccc7ccc(C)c(-c8cccc(C)c8)c7c6)cc5c4)cc23)c1.Cc1cccc(-c2c(C)ccc3ccc(Oc4ccc5ccc(Oc6ccc7ccc(C)cc7c6)cc5c4)cc23)c1. The zero-order chi connectivity index (χ0) is 60.7. The molecule has 0 heterocycles. The van der Waals surface area contributed by atoms with Crippen LogP contribution in [0.3, 0.4) is 0 Å². The molecule has 0 spiro atoms. The van der Waals surface area contributed by atoms with Crippen LogP contribution in [0.25, 0.3) is 98.0 Å². The van der Waals surface area contributed by atoms with Gasteiger partial charge < -0.3 is 18.9 Å². The van der Waals surface area contributed by atoms with E-state index in [2.05, 4.69) is 273 Å². The number of rotatable bonds is 11. The van der Waals surface area contributed by atoms with Crippen molar-refractivity contribution in [2.75, 3.05) is 0 Å². The fourth-order valence-corrected chi connectivity index (χ4v) is 12.6. The molecule has 0 fully saturated rings. The molecule has 0 aliphatic carbocycles. The van der Waals surface area contributed by atoms with Gasteiger partial charge in [-0.2, -0.15) is 0 Å². The van der Waals surface area contributed by atoms with Gasteiger partial charge in [0, 0.05) is 0 Å². The zero-order valence-corrected chi connectivity index (χ0v) is 51.1. The van der Waals surface area contributed by atoms with Crippen molar-refractivity contribution in [1.82, 2.24) is 0 Å². The van der Waals surface area contributed by atoms with E-state index in [4.69, 9.17) is 18.9 Å². The molecule has 0 aliphatic rings. The van der Waals surface area contributed by atoms with Crippen molar-refractivity contribution < 1.29 is 18.9 Å². The minimum Gasteiger partial charge on any atom is -0.457 e. The highest BCUT2D eigenvalue weighted by Gasteiger charge is 2.15. The molecule has 0 unspecified atom stereocenters. The normalized spacial score (nSPS) is 11.3. The fourth-order valence-electron chi connectivity index (χ4n) is 12.6. The molecule has 4 heteroatoms. The molecule has 15 aromatic carbocycles. The maximum atomic E-state index is 6.49. The quantitative estimate of drug-likeness (QED) is 0.129. The first-order valence-electron chi connectivity index (χ1n) is 30.5. The molecule has 0 amide bonds. The maximum Gasteiger partial charge on any atom is 0.128 e. The molecule has 0 atom stereocenters. The summed E-state index contributed by atoms with van der Waals surface area (Å²) in [5.41, 5.74) is 16.1. The van der Waals surface area contributed by atoms with Crippen molar-refractivity contribution in [3.8, 4) is 79.4 Å². The van der Waals surface area contributed by atoms with Crippen LogP contribution in [-0.4, -0.2) is 0 Å². The summed E-state index contributed by atoms with van der Waals surface area (Å²) in [6.45, 7) is 15.0. The Hall–Kier alpha value is -10.9. The van der Waals surface area contributed by atoms with Crippen LogP contribution < -0.4 is 18.9 Å². The van der Waals surface area contributed by atoms with Crippen LogP contribution in [0, 0.1) is 48.5 Å². The van der Waals surface area contributed by atoms with Crippen LogP contribution in [0.15, 0.2) is 273 Å². The van der Waals surface area contributed by atoms with Crippen molar-refractivity contribution in [3.05, 3.63) is 312 Å². The van der Waals surface area contributed by atoms with Crippen LogP contribution in [0.4, 0.5) is 0 Å². The van der Waals surface area contributed by atoms with Gasteiger partial charge in [0.25, 0.3) is 0 Å². The maximum absolute atomic E-state index is 6.49. The number of benzene rings is 15. The van der Waals surface area contributed by atoms with Gasteiger partial charge in [-0.15, -0.1) is 0 Å². The molecular weight excluding hydrogens is 1080 g/mol. The highest BCUT2D eigenvalue weighted by atomic mass is 16.5. The van der Waals surface area contributed by atoms with E-state index in [1.54, 1.807) is 0 Å². The third-order valence-corrected chi connectivity index (χ3v) is 17.0. The van der Waals surface area contributed by atoms with E-state index < -0.39 is 0 Å². The lowest BCUT2D eigenvalue weighted by molar-refractivity contribution is 0.482. The topological polar surface area (TPSA) is 36.9 Å². The van der Waals surface area contributed by atoms with E-state index >= 15 is 0 Å². The largest absolute Gasteiger partial charge is 0.457 e. The number of fused-ring (bicyclic) bond motifs is 6. The summed E-state index contributed by atoms with van der Waals surface area (Å²) in [5, 5.41) is 13.9. The van der Waals surface area contributed by atoms with Crippen molar-refractivity contribution >= 4 is 64.6 Å². The van der Waals surface area contributed by atoms with E-state index in [0.717, 1.165) is 67.5 Å². The zero-order valence-electron chi connectivity index (χ0n) is 51.1. The van der Waals surface area contributed by atoms with E-state index in [-0.39, 0.29) is 0 Å². The van der Waals surface area contributed by atoms with Gasteiger partial charge in [0.2, 0.25) is 0 Å². The van der Waals surface area contributed by atoms with Crippen LogP contribution in [0.2, 0.25) is 0 Å². The summed E-state index contributed by atoms with van der Waals surface area (Å²) in [6, 6.07) is 95.8. The Morgan fingerprint density at radius 3 is 0.708 bits per heavy atom. The second-order valence-electron chi connectivity index (χ2n) is 23.8. The highest BCUT2D eigenvalue weighted by Crippen LogP contribution is 2.41. The lowest BCUT2D eigenvalue weighted by atomic mass is 9.93. The average molecular weight is 1150 g/mol. The van der Waals surface area contributed by atoms with Crippen molar-refractivity contribution in [3.63, 3.8) is 0 Å². The second kappa shape index (κ2) is 23.7. The lowest BCUT2D eigenvalue weighted by Gasteiger charge is -2.14. The standard InChI is InChI=1S/C46H36O2.C39H30O2/c1-29-7-5-9-36(23-29)45-31(3)11-13-34-17-21-41(27-43(34)45)47-39-19-15-33-16-20-40(26-38(33)25-39)48-42-22-18-35-14-12-32(4)46(44(35)28-42)37-10-6-8-30(2)24-37;1-25-5-4-6-31(19-25)39-27(3)8-10-30-14-18-37(24-38(30)39)41-36-17-13-29-12-16-35(22-33(29)23-36)40-34-15-11-28-9-7-26(2)20-32(28)21-34/h5-28H,1-4H3;4-24H,1-3H3. The van der Waals surface area contributed by atoms with E-state index in [0.29, 0.717) is 0 Å². The van der Waals surface area contributed by atoms with E-state index in [9.17, 15) is 0 Å². The Morgan fingerprint density at radius 2 is 0.416 bits per heavy atom. The van der Waals surface area contributed by atoms with Crippen LogP contribution in [0.1, 0.15) is 38.9 Å². The third kappa shape index (κ3) is 11.9. The third-order valence-electron chi connectivity index (χ3n) is 17.0. The van der Waals surface area contributed by atoms with Gasteiger partial charge >= 0.3 is 0 Å². The summed E-state index contributed by atoms with van der Waals surface area (Å²) < 4.78 is 25.7. The minimum atomic E-state index is 0.785. The first kappa shape index (κ1) is 55.9. The molecule has 0 bridgehead atoms. The Morgan fingerprint density at radius 1 is 0.180 bits per heavy atom. The molecule has 0 saturated heterocycles. The smallest absolute Gasteiger partial charge is 0.128 e. The van der Waals surface area contributed by atoms with Gasteiger partial charge in [0.15, 0.2) is 0 Å². The van der Waals surface area contributed by atoms with E-state index in [1.165, 1.54) is 115 Å². The molecule has 430 valence electrons. The first-order chi connectivity index (χ1) is 43.4. The molecule has 89 heavy (non-hydrogen) atoms. The molecule has 0 N–H and O–H groups in total. The predicted molar refractivity (Wildman–Crippen MR) is 373 cm³/mol. The molecule has 0 aromatic heterocycles. The Balaban J connectivity index is 0.000000158. The van der Waals surface area contributed by atoms with Gasteiger partial charge in [-0.05, 0) is 260 Å². The Labute approximate surface area is 520 Å². The summed E-state index contributed by atoms with van der Waals surface area (Å²) in [5.74, 6) is 6.42. The number of aryl methyl sites for hydroxylation is 7. The van der Waals surface area contributed by atoms with Crippen LogP contribution in [0.5, 0.6) is 46.0 Å². The molecule has 0 saturated carbocycles. The number of hydrogen-bond acceptors (Lipinski definition) is 4. The second-order valence-corrected chi connectivity index (χ2v) is 23.8. The molecule has 15 aromatic rings. The van der Waals surface area contributed by atoms with Crippen molar-refractivity contribution in [1.29, 1.82) is 0 Å². The van der Waals surface area contributed by atoms with Gasteiger partial charge in [-0.1, -0.05) is 198 Å².